The molecule has 4 nitrogen and oxygen atoms in total. The van der Waals surface area contributed by atoms with Crippen LogP contribution < -0.4 is 15.2 Å². The van der Waals surface area contributed by atoms with Crippen LogP contribution in [0, 0.1) is 0 Å². The second-order valence-corrected chi connectivity index (χ2v) is 4.00. The van der Waals surface area contributed by atoms with Crippen LogP contribution in [0.15, 0.2) is 42.6 Å². The summed E-state index contributed by atoms with van der Waals surface area (Å²) in [6, 6.07) is 11.0. The summed E-state index contributed by atoms with van der Waals surface area (Å²) in [5.41, 5.74) is 6.74. The average molecular weight is 244 g/mol. The van der Waals surface area contributed by atoms with Crippen molar-refractivity contribution in [2.75, 3.05) is 7.11 Å². The zero-order valence-corrected chi connectivity index (χ0v) is 10.5. The lowest BCUT2D eigenvalue weighted by molar-refractivity contribution is 0.412. The minimum absolute atomic E-state index is 0.0208. The molecule has 0 saturated heterocycles. The van der Waals surface area contributed by atoms with Crippen LogP contribution in [0.1, 0.15) is 18.5 Å². The SMILES string of the molecule is COc1ccc(Oc2ccc([C@H](C)N)cn2)cc1. The molecule has 1 atom stereocenters. The van der Waals surface area contributed by atoms with E-state index < -0.39 is 0 Å². The smallest absolute Gasteiger partial charge is 0.219 e. The number of ether oxygens (including phenoxy) is 2. The maximum atomic E-state index is 5.75. The monoisotopic (exact) mass is 244 g/mol. The van der Waals surface area contributed by atoms with Crippen molar-refractivity contribution in [3.63, 3.8) is 0 Å². The molecule has 0 amide bonds. The van der Waals surface area contributed by atoms with Gasteiger partial charge in [-0.25, -0.2) is 4.98 Å². The molecule has 1 heterocycles. The highest BCUT2D eigenvalue weighted by Gasteiger charge is 2.02. The highest BCUT2D eigenvalue weighted by Crippen LogP contribution is 2.22. The Hall–Kier alpha value is -2.07. The van der Waals surface area contributed by atoms with Crippen LogP contribution in [-0.2, 0) is 0 Å². The molecule has 0 aliphatic heterocycles. The summed E-state index contributed by atoms with van der Waals surface area (Å²) >= 11 is 0. The first-order valence-electron chi connectivity index (χ1n) is 5.72. The number of hydrogen-bond donors (Lipinski definition) is 1. The van der Waals surface area contributed by atoms with Crippen LogP contribution in [-0.4, -0.2) is 12.1 Å². The van der Waals surface area contributed by atoms with Gasteiger partial charge in [0, 0.05) is 18.3 Å². The quantitative estimate of drug-likeness (QED) is 0.898. The maximum absolute atomic E-state index is 5.75. The van der Waals surface area contributed by atoms with Crippen LogP contribution in [0.3, 0.4) is 0 Å². The Labute approximate surface area is 106 Å². The van der Waals surface area contributed by atoms with E-state index in [-0.39, 0.29) is 6.04 Å². The molecule has 0 unspecified atom stereocenters. The largest absolute Gasteiger partial charge is 0.497 e. The summed E-state index contributed by atoms with van der Waals surface area (Å²) in [5.74, 6) is 2.06. The molecule has 1 aromatic carbocycles. The zero-order valence-electron chi connectivity index (χ0n) is 10.5. The molecule has 0 saturated carbocycles. The average Bonchev–Trinajstić information content (AvgIpc) is 2.40. The zero-order chi connectivity index (χ0) is 13.0. The first-order valence-corrected chi connectivity index (χ1v) is 5.72. The summed E-state index contributed by atoms with van der Waals surface area (Å²) in [6.07, 6.45) is 1.73. The molecule has 1 aromatic heterocycles. The minimum atomic E-state index is -0.0208. The fourth-order valence-corrected chi connectivity index (χ4v) is 1.49. The van der Waals surface area contributed by atoms with Gasteiger partial charge < -0.3 is 15.2 Å². The second-order valence-electron chi connectivity index (χ2n) is 4.00. The molecule has 2 N–H and O–H groups in total. The van der Waals surface area contributed by atoms with E-state index in [1.165, 1.54) is 0 Å². The molecule has 0 spiro atoms. The maximum Gasteiger partial charge on any atom is 0.219 e. The molecule has 18 heavy (non-hydrogen) atoms. The van der Waals surface area contributed by atoms with Crippen molar-refractivity contribution >= 4 is 0 Å². The fourth-order valence-electron chi connectivity index (χ4n) is 1.49. The Balaban J connectivity index is 2.08. The van der Waals surface area contributed by atoms with Crippen LogP contribution in [0.2, 0.25) is 0 Å². The van der Waals surface area contributed by atoms with E-state index in [4.69, 9.17) is 15.2 Å². The first-order chi connectivity index (χ1) is 8.69. The normalized spacial score (nSPS) is 11.9. The van der Waals surface area contributed by atoms with Crippen LogP contribution in [0.25, 0.3) is 0 Å². The molecule has 0 bridgehead atoms. The Bertz CT molecular complexity index is 492. The lowest BCUT2D eigenvalue weighted by atomic mass is 10.2. The van der Waals surface area contributed by atoms with Gasteiger partial charge in [-0.1, -0.05) is 6.07 Å². The number of nitrogens with zero attached hydrogens (tertiary/aromatic N) is 1. The molecule has 4 heteroatoms. The summed E-state index contributed by atoms with van der Waals surface area (Å²) in [4.78, 5) is 4.20. The number of rotatable bonds is 4. The molecule has 2 aromatic rings. The minimum Gasteiger partial charge on any atom is -0.497 e. The standard InChI is InChI=1S/C14H16N2O2/c1-10(15)11-3-8-14(16-9-11)18-13-6-4-12(17-2)5-7-13/h3-10H,15H2,1-2H3/t10-/m0/s1. The van der Waals surface area contributed by atoms with Gasteiger partial charge in [0.05, 0.1) is 7.11 Å². The summed E-state index contributed by atoms with van der Waals surface area (Å²) in [5, 5.41) is 0. The lowest BCUT2D eigenvalue weighted by Crippen LogP contribution is -2.05. The number of aromatic nitrogens is 1. The Morgan fingerprint density at radius 3 is 2.22 bits per heavy atom. The van der Waals surface area contributed by atoms with Crippen molar-refractivity contribution < 1.29 is 9.47 Å². The van der Waals surface area contributed by atoms with Crippen molar-refractivity contribution in [2.24, 2.45) is 5.73 Å². The van der Waals surface area contributed by atoms with E-state index in [9.17, 15) is 0 Å². The Kier molecular flexibility index (Phi) is 3.79. The van der Waals surface area contributed by atoms with E-state index in [1.807, 2.05) is 43.3 Å². The lowest BCUT2D eigenvalue weighted by Gasteiger charge is -2.08. The van der Waals surface area contributed by atoms with Crippen LogP contribution >= 0.6 is 0 Å². The molecule has 0 aliphatic carbocycles. The highest BCUT2D eigenvalue weighted by molar-refractivity contribution is 5.33. The van der Waals surface area contributed by atoms with Gasteiger partial charge >= 0.3 is 0 Å². The van der Waals surface area contributed by atoms with Crippen LogP contribution in [0.4, 0.5) is 0 Å². The van der Waals surface area contributed by atoms with Crippen LogP contribution in [0.5, 0.6) is 17.4 Å². The van der Waals surface area contributed by atoms with Gasteiger partial charge in [-0.05, 0) is 36.8 Å². The summed E-state index contributed by atoms with van der Waals surface area (Å²) < 4.78 is 10.7. The Morgan fingerprint density at radius 1 is 1.06 bits per heavy atom. The first kappa shape index (κ1) is 12.4. The predicted molar refractivity (Wildman–Crippen MR) is 69.9 cm³/mol. The number of nitrogens with two attached hydrogens (primary N) is 1. The number of pyridine rings is 1. The van der Waals surface area contributed by atoms with Gasteiger partial charge in [-0.3, -0.25) is 0 Å². The van der Waals surface area contributed by atoms with E-state index in [0.717, 1.165) is 17.1 Å². The molecular weight excluding hydrogens is 228 g/mol. The van der Waals surface area contributed by atoms with Crippen molar-refractivity contribution in [1.82, 2.24) is 4.98 Å². The third kappa shape index (κ3) is 2.99. The van der Waals surface area contributed by atoms with E-state index in [1.54, 1.807) is 13.3 Å². The third-order valence-corrected chi connectivity index (χ3v) is 2.57. The van der Waals surface area contributed by atoms with E-state index in [0.29, 0.717) is 5.88 Å². The van der Waals surface area contributed by atoms with Gasteiger partial charge in [-0.15, -0.1) is 0 Å². The van der Waals surface area contributed by atoms with Gasteiger partial charge in [0.25, 0.3) is 0 Å². The van der Waals surface area contributed by atoms with Gasteiger partial charge in [0.15, 0.2) is 0 Å². The van der Waals surface area contributed by atoms with Crippen molar-refractivity contribution in [1.29, 1.82) is 0 Å². The van der Waals surface area contributed by atoms with Crippen molar-refractivity contribution in [2.45, 2.75) is 13.0 Å². The fraction of sp³-hybridized carbons (Fsp3) is 0.214. The van der Waals surface area contributed by atoms with Gasteiger partial charge in [0.1, 0.15) is 11.5 Å². The van der Waals surface area contributed by atoms with Gasteiger partial charge in [-0.2, -0.15) is 0 Å². The van der Waals surface area contributed by atoms with E-state index >= 15 is 0 Å². The number of methoxy groups -OCH3 is 1. The Morgan fingerprint density at radius 2 is 1.72 bits per heavy atom. The molecule has 0 radical (unpaired) electrons. The van der Waals surface area contributed by atoms with Gasteiger partial charge in [0.2, 0.25) is 5.88 Å². The number of benzene rings is 1. The molecular formula is C14H16N2O2. The molecule has 94 valence electrons. The highest BCUT2D eigenvalue weighted by atomic mass is 16.5. The summed E-state index contributed by atoms with van der Waals surface area (Å²) in [7, 11) is 1.63. The molecule has 2 rings (SSSR count). The molecule has 0 fully saturated rings. The topological polar surface area (TPSA) is 57.4 Å². The number of hydrogen-bond acceptors (Lipinski definition) is 4. The predicted octanol–water partition coefficient (Wildman–Crippen LogP) is 2.90. The molecule has 0 aliphatic rings. The van der Waals surface area contributed by atoms with E-state index in [2.05, 4.69) is 4.98 Å². The second kappa shape index (κ2) is 5.51. The third-order valence-electron chi connectivity index (χ3n) is 2.57. The summed E-state index contributed by atoms with van der Waals surface area (Å²) in [6.45, 7) is 1.92. The van der Waals surface area contributed by atoms with Crippen molar-refractivity contribution in [3.05, 3.63) is 48.2 Å². The van der Waals surface area contributed by atoms with Crippen molar-refractivity contribution in [3.8, 4) is 17.4 Å².